The number of fused-ring (bicyclic) bond motifs is 1. The zero-order valence-corrected chi connectivity index (χ0v) is 35.3. The number of nitrogens with one attached hydrogen (secondary N) is 2. The Balaban J connectivity index is 0.761. The molecule has 3 saturated heterocycles. The molecule has 4 aliphatic rings. The number of piperidine rings is 3. The molecule has 5 heterocycles. The highest BCUT2D eigenvalue weighted by Crippen LogP contribution is 2.35. The number of rotatable bonds is 16. The molecule has 61 heavy (non-hydrogen) atoms. The Morgan fingerprint density at radius 1 is 0.820 bits per heavy atom. The fourth-order valence-corrected chi connectivity index (χ4v) is 9.85. The second kappa shape index (κ2) is 20.8. The monoisotopic (exact) mass is 846 g/mol. The molecule has 7 amide bonds. The molecule has 2 aromatic carbocycles. The molecule has 13 nitrogen and oxygen atoms in total. The van der Waals surface area contributed by atoms with Gasteiger partial charge in [-0.2, -0.15) is 0 Å². The molecule has 0 bridgehead atoms. The molecule has 4 aliphatic heterocycles. The first-order valence-corrected chi connectivity index (χ1v) is 22.6. The van der Waals surface area contributed by atoms with Gasteiger partial charge in [0.25, 0.3) is 17.7 Å². The summed E-state index contributed by atoms with van der Waals surface area (Å²) in [6.45, 7) is 3.57. The summed E-state index contributed by atoms with van der Waals surface area (Å²) in [6.07, 6.45) is 15.6. The number of unbranched alkanes of at least 4 members (excludes halogenated alkanes) is 2. The summed E-state index contributed by atoms with van der Waals surface area (Å²) < 4.78 is 0. The molecule has 3 aromatic rings. The number of benzene rings is 2. The van der Waals surface area contributed by atoms with Crippen molar-refractivity contribution in [3.8, 4) is 0 Å². The van der Waals surface area contributed by atoms with Crippen LogP contribution in [0.2, 0.25) is 0 Å². The van der Waals surface area contributed by atoms with Gasteiger partial charge in [0.2, 0.25) is 23.6 Å². The molecule has 0 saturated carbocycles. The second-order valence-corrected chi connectivity index (χ2v) is 17.5. The van der Waals surface area contributed by atoms with Crippen molar-refractivity contribution in [1.82, 2.24) is 30.3 Å². The predicted molar refractivity (Wildman–Crippen MR) is 231 cm³/mol. The predicted octanol–water partition coefficient (Wildman–Crippen LogP) is 6.00. The third-order valence-electron chi connectivity index (χ3n) is 12.3. The highest BCUT2D eigenvalue weighted by Gasteiger charge is 2.45. The van der Waals surface area contributed by atoms with Crippen molar-refractivity contribution in [2.45, 2.75) is 93.9 Å². The summed E-state index contributed by atoms with van der Waals surface area (Å²) in [7, 11) is 0. The number of thioether (sulfide) groups is 1. The molecule has 14 heteroatoms. The molecule has 0 spiro atoms. The van der Waals surface area contributed by atoms with Gasteiger partial charge in [0.15, 0.2) is 0 Å². The molecular formula is C47H54N6O7S. The number of aromatic nitrogens is 1. The zero-order valence-electron chi connectivity index (χ0n) is 34.5. The number of imide groups is 2. The van der Waals surface area contributed by atoms with E-state index in [0.29, 0.717) is 66.1 Å². The van der Waals surface area contributed by atoms with Gasteiger partial charge in [-0.3, -0.25) is 48.8 Å². The van der Waals surface area contributed by atoms with E-state index in [-0.39, 0.29) is 36.1 Å². The summed E-state index contributed by atoms with van der Waals surface area (Å²) in [6, 6.07) is 15.9. The topological polar surface area (TPSA) is 166 Å². The zero-order chi connectivity index (χ0) is 42.7. The van der Waals surface area contributed by atoms with E-state index in [2.05, 4.69) is 27.8 Å². The van der Waals surface area contributed by atoms with Crippen LogP contribution in [0.1, 0.15) is 125 Å². The number of hydrogen-bond acceptors (Lipinski definition) is 9. The highest BCUT2D eigenvalue weighted by atomic mass is 32.2. The normalized spacial score (nSPS) is 18.8. The minimum absolute atomic E-state index is 0.0719. The van der Waals surface area contributed by atoms with Crippen LogP contribution in [0, 0.1) is 5.92 Å². The Morgan fingerprint density at radius 2 is 1.59 bits per heavy atom. The Labute approximate surface area is 361 Å². The van der Waals surface area contributed by atoms with Gasteiger partial charge in [0.1, 0.15) is 6.04 Å². The molecule has 1 atom stereocenters. The molecule has 0 radical (unpaired) electrons. The van der Waals surface area contributed by atoms with E-state index in [0.717, 1.165) is 74.9 Å². The van der Waals surface area contributed by atoms with Crippen molar-refractivity contribution in [2.24, 2.45) is 5.92 Å². The van der Waals surface area contributed by atoms with Crippen LogP contribution in [0.4, 0.5) is 0 Å². The highest BCUT2D eigenvalue weighted by molar-refractivity contribution is 7.99. The van der Waals surface area contributed by atoms with E-state index >= 15 is 0 Å². The van der Waals surface area contributed by atoms with Crippen molar-refractivity contribution in [3.05, 3.63) is 101 Å². The van der Waals surface area contributed by atoms with Crippen LogP contribution >= 0.6 is 11.8 Å². The Morgan fingerprint density at radius 3 is 2.33 bits per heavy atom. The molecule has 1 unspecified atom stereocenters. The summed E-state index contributed by atoms with van der Waals surface area (Å²) in [5.41, 5.74) is 3.38. The van der Waals surface area contributed by atoms with Crippen molar-refractivity contribution < 1.29 is 33.6 Å². The third kappa shape index (κ3) is 11.0. The van der Waals surface area contributed by atoms with Crippen LogP contribution in [-0.2, 0) is 19.2 Å². The summed E-state index contributed by atoms with van der Waals surface area (Å²) in [5, 5.41) is 5.18. The summed E-state index contributed by atoms with van der Waals surface area (Å²) >= 11 is 1.47. The quantitative estimate of drug-likeness (QED) is 0.0761. The fourth-order valence-electron chi connectivity index (χ4n) is 8.77. The molecule has 1 aromatic heterocycles. The molecule has 2 N–H and O–H groups in total. The van der Waals surface area contributed by atoms with Crippen molar-refractivity contribution in [3.63, 3.8) is 0 Å². The minimum Gasteiger partial charge on any atom is -0.353 e. The van der Waals surface area contributed by atoms with Crippen molar-refractivity contribution >= 4 is 59.2 Å². The number of hydrogen-bond donors (Lipinski definition) is 2. The molecular weight excluding hydrogens is 793 g/mol. The molecule has 320 valence electrons. The summed E-state index contributed by atoms with van der Waals surface area (Å²) in [5.74, 6) is -0.343. The Bertz CT molecular complexity index is 2130. The van der Waals surface area contributed by atoms with Gasteiger partial charge in [-0.1, -0.05) is 37.1 Å². The Kier molecular flexibility index (Phi) is 14.8. The van der Waals surface area contributed by atoms with E-state index in [1.54, 1.807) is 42.7 Å². The molecule has 7 rings (SSSR count). The lowest BCUT2D eigenvalue weighted by molar-refractivity contribution is -0.136. The van der Waals surface area contributed by atoms with E-state index in [1.807, 2.05) is 34.1 Å². The number of amides is 7. The van der Waals surface area contributed by atoms with Crippen LogP contribution < -0.4 is 10.6 Å². The lowest BCUT2D eigenvalue weighted by Crippen LogP contribution is -2.54. The van der Waals surface area contributed by atoms with Crippen LogP contribution in [0.15, 0.2) is 78.0 Å². The maximum atomic E-state index is 13.4. The van der Waals surface area contributed by atoms with Crippen LogP contribution in [0.3, 0.4) is 0 Å². The fraction of sp³-hybridized carbons (Fsp3) is 0.447. The third-order valence-corrected chi connectivity index (χ3v) is 13.4. The van der Waals surface area contributed by atoms with Gasteiger partial charge < -0.3 is 15.1 Å². The minimum atomic E-state index is -1.00. The van der Waals surface area contributed by atoms with Gasteiger partial charge in [0.05, 0.1) is 11.1 Å². The largest absolute Gasteiger partial charge is 0.353 e. The lowest BCUT2D eigenvalue weighted by Gasteiger charge is -2.33. The average Bonchev–Trinajstić information content (AvgIpc) is 3.54. The van der Waals surface area contributed by atoms with Gasteiger partial charge in [0, 0.05) is 74.5 Å². The number of carbonyl (C=O) groups excluding carboxylic acids is 7. The number of nitrogens with zero attached hydrogens (tertiary/aromatic N) is 4. The van der Waals surface area contributed by atoms with E-state index in [1.165, 1.54) is 17.3 Å². The maximum absolute atomic E-state index is 13.4. The van der Waals surface area contributed by atoms with Gasteiger partial charge in [-0.05, 0) is 116 Å². The SMILES string of the molecule is O=C(/C=C/c1cccnc1)NCCCCC1CCN(C(=O)c2ccc(C3CCN(C(=O)CCCCSc4cccc5c4C(=O)N(C4CCC(=O)NC4=O)C5=O)CC3)cc2)CC1. The van der Waals surface area contributed by atoms with Crippen LogP contribution in [0.25, 0.3) is 6.08 Å². The van der Waals surface area contributed by atoms with Crippen molar-refractivity contribution in [2.75, 3.05) is 38.5 Å². The van der Waals surface area contributed by atoms with Crippen LogP contribution in [0.5, 0.6) is 0 Å². The Hall–Kier alpha value is -5.63. The average molecular weight is 847 g/mol. The maximum Gasteiger partial charge on any atom is 0.263 e. The first kappa shape index (κ1) is 43.5. The number of pyridine rings is 1. The molecule has 0 aliphatic carbocycles. The van der Waals surface area contributed by atoms with E-state index in [9.17, 15) is 33.6 Å². The number of likely N-dealkylation sites (tertiary alicyclic amines) is 2. The van der Waals surface area contributed by atoms with Crippen LogP contribution in [-0.4, -0.2) is 106 Å². The number of carbonyl (C=O) groups is 7. The lowest BCUT2D eigenvalue weighted by atomic mass is 9.88. The first-order chi connectivity index (χ1) is 29.7. The smallest absolute Gasteiger partial charge is 0.263 e. The van der Waals surface area contributed by atoms with E-state index in [4.69, 9.17) is 0 Å². The van der Waals surface area contributed by atoms with Gasteiger partial charge in [-0.15, -0.1) is 11.8 Å². The van der Waals surface area contributed by atoms with Gasteiger partial charge in [-0.25, -0.2) is 0 Å². The second-order valence-electron chi connectivity index (χ2n) is 16.4. The van der Waals surface area contributed by atoms with Crippen molar-refractivity contribution in [1.29, 1.82) is 0 Å². The first-order valence-electron chi connectivity index (χ1n) is 21.7. The summed E-state index contributed by atoms with van der Waals surface area (Å²) in [4.78, 5) is 98.7. The standard InChI is InChI=1S/C47H54N6O7S/c54-40(18-12-33-8-6-24-48-31-33)49-25-3-1-7-32-20-26-52(27-21-32)45(58)36-15-13-34(14-16-36)35-22-28-51(29-23-35)42(56)11-2-4-30-61-39-10-5-9-37-43(39)47(60)53(46(37)59)38-17-19-41(55)50-44(38)57/h5-6,8-10,12-16,18,24,31-32,35,38H,1-4,7,11,17,19-23,25-30H2,(H,49,54)(H,50,55,57)/b18-12+. The van der Waals surface area contributed by atoms with Gasteiger partial charge >= 0.3 is 0 Å². The van der Waals surface area contributed by atoms with E-state index < -0.39 is 29.7 Å². The molecule has 3 fully saturated rings.